The van der Waals surface area contributed by atoms with Gasteiger partial charge < -0.3 is 19.9 Å². The number of aromatic amines is 1. The lowest BCUT2D eigenvalue weighted by atomic mass is 10.2. The van der Waals surface area contributed by atoms with E-state index in [1.807, 2.05) is 13.8 Å². The first-order chi connectivity index (χ1) is 18.6. The number of nitrogens with zero attached hydrogens (tertiary/aromatic N) is 6. The molecule has 2 aromatic heterocycles. The molecule has 3 N–H and O–H groups in total. The molecule has 3 aromatic rings. The van der Waals surface area contributed by atoms with E-state index < -0.39 is 34.7 Å². The Morgan fingerprint density at radius 1 is 1.26 bits per heavy atom. The fourth-order valence-electron chi connectivity index (χ4n) is 3.59. The molecule has 0 atom stereocenters. The molecule has 1 amide bonds. The normalized spacial score (nSPS) is 10.8. The number of nitrogens with one attached hydrogen (secondary N) is 1. The summed E-state index contributed by atoms with van der Waals surface area (Å²) in [5, 5.41) is 19.7. The van der Waals surface area contributed by atoms with E-state index in [0.29, 0.717) is 24.4 Å². The third-order valence-corrected chi connectivity index (χ3v) is 6.67. The van der Waals surface area contributed by atoms with Crippen molar-refractivity contribution in [3.63, 3.8) is 0 Å². The SMILES string of the molecule is CCCCN(C(=O)COC(=O)c1ccc(Sc2nncn2C)c([N+](=O)[O-])c1)c1c(N)n(CCC)c(=O)[nH]c1=O. The van der Waals surface area contributed by atoms with Crippen molar-refractivity contribution in [3.05, 3.63) is 61.0 Å². The summed E-state index contributed by atoms with van der Waals surface area (Å²) in [7, 11) is 1.68. The minimum Gasteiger partial charge on any atom is -0.452 e. The molecule has 208 valence electrons. The molecule has 0 radical (unpaired) electrons. The molecule has 0 bridgehead atoms. The Morgan fingerprint density at radius 3 is 2.62 bits per heavy atom. The largest absolute Gasteiger partial charge is 0.452 e. The Balaban J connectivity index is 1.83. The van der Waals surface area contributed by atoms with Crippen LogP contribution in [0.5, 0.6) is 0 Å². The highest BCUT2D eigenvalue weighted by Crippen LogP contribution is 2.34. The third-order valence-electron chi connectivity index (χ3n) is 5.56. The molecule has 2 heterocycles. The smallest absolute Gasteiger partial charge is 0.338 e. The fraction of sp³-hybridized carbons (Fsp3) is 0.391. The molecule has 1 aromatic carbocycles. The number of nitrogen functional groups attached to an aromatic ring is 1. The highest BCUT2D eigenvalue weighted by atomic mass is 32.2. The molecule has 39 heavy (non-hydrogen) atoms. The molecule has 0 aliphatic rings. The van der Waals surface area contributed by atoms with Gasteiger partial charge in [-0.25, -0.2) is 9.59 Å². The molecule has 0 saturated heterocycles. The average molecular weight is 561 g/mol. The van der Waals surface area contributed by atoms with Gasteiger partial charge in [0.2, 0.25) is 0 Å². The lowest BCUT2D eigenvalue weighted by molar-refractivity contribution is -0.387. The second-order valence-corrected chi connectivity index (χ2v) is 9.40. The Morgan fingerprint density at radius 2 is 2.00 bits per heavy atom. The fourth-order valence-corrected chi connectivity index (χ4v) is 4.44. The number of nitrogens with two attached hydrogens (primary N) is 1. The first-order valence-electron chi connectivity index (χ1n) is 12.0. The van der Waals surface area contributed by atoms with Crippen molar-refractivity contribution in [2.75, 3.05) is 23.8 Å². The molecule has 0 saturated carbocycles. The van der Waals surface area contributed by atoms with E-state index in [0.717, 1.165) is 27.3 Å². The summed E-state index contributed by atoms with van der Waals surface area (Å²) < 4.78 is 7.89. The Hall–Kier alpha value is -4.47. The zero-order valence-electron chi connectivity index (χ0n) is 21.6. The summed E-state index contributed by atoms with van der Waals surface area (Å²) in [4.78, 5) is 65.1. The van der Waals surface area contributed by atoms with Gasteiger partial charge in [0.1, 0.15) is 12.1 Å². The van der Waals surface area contributed by atoms with Crippen LogP contribution in [0.1, 0.15) is 43.5 Å². The monoisotopic (exact) mass is 560 g/mol. The van der Waals surface area contributed by atoms with Gasteiger partial charge in [-0.15, -0.1) is 10.2 Å². The number of nitro benzene ring substituents is 1. The number of ether oxygens (including phenoxy) is 1. The van der Waals surface area contributed by atoms with Crippen LogP contribution < -0.4 is 21.9 Å². The van der Waals surface area contributed by atoms with E-state index in [-0.39, 0.29) is 40.7 Å². The predicted octanol–water partition coefficient (Wildman–Crippen LogP) is 1.71. The van der Waals surface area contributed by atoms with Gasteiger partial charge in [-0.05, 0) is 36.7 Å². The first kappa shape index (κ1) is 29.1. The summed E-state index contributed by atoms with van der Waals surface area (Å²) in [5.74, 6) is -1.90. The molecule has 0 unspecified atom stereocenters. The van der Waals surface area contributed by atoms with Crippen LogP contribution in [0.3, 0.4) is 0 Å². The molecule has 0 fully saturated rings. The molecule has 0 aliphatic carbocycles. The van der Waals surface area contributed by atoms with Crippen LogP contribution in [0.15, 0.2) is 44.2 Å². The molecular weight excluding hydrogens is 532 g/mol. The Kier molecular flexibility index (Phi) is 9.59. The van der Waals surface area contributed by atoms with E-state index in [1.54, 1.807) is 11.6 Å². The van der Waals surface area contributed by atoms with Gasteiger partial charge in [0.15, 0.2) is 17.5 Å². The van der Waals surface area contributed by atoms with Crippen LogP contribution in [0.4, 0.5) is 17.2 Å². The molecular formula is C23H28N8O7S. The quantitative estimate of drug-likeness (QED) is 0.185. The Labute approximate surface area is 226 Å². The number of nitro groups is 1. The molecule has 3 rings (SSSR count). The number of H-pyrrole nitrogens is 1. The van der Waals surface area contributed by atoms with Crippen LogP contribution in [-0.2, 0) is 23.1 Å². The van der Waals surface area contributed by atoms with Gasteiger partial charge in [-0.2, -0.15) is 0 Å². The molecule has 16 heteroatoms. The number of carbonyl (C=O) groups is 2. The van der Waals surface area contributed by atoms with Crippen LogP contribution >= 0.6 is 11.8 Å². The van der Waals surface area contributed by atoms with E-state index in [1.165, 1.54) is 18.5 Å². The number of unbranched alkanes of at least 4 members (excludes halogenated alkanes) is 1. The highest BCUT2D eigenvalue weighted by molar-refractivity contribution is 7.99. The highest BCUT2D eigenvalue weighted by Gasteiger charge is 2.26. The Bertz CT molecular complexity index is 1500. The molecule has 15 nitrogen and oxygen atoms in total. The lowest BCUT2D eigenvalue weighted by Gasteiger charge is -2.24. The standard InChI is InChI=1S/C23H28N8O7S/c1-4-6-10-29(18-19(24)30(9-5-2)22(35)26-20(18)33)17(32)12-38-21(34)14-7-8-16(15(11-14)31(36)37)39-23-27-25-13-28(23)3/h7-8,11,13H,4-6,9-10,12,24H2,1-3H3,(H,26,33,35). The average Bonchev–Trinajstić information content (AvgIpc) is 3.30. The maximum Gasteiger partial charge on any atom is 0.338 e. The van der Waals surface area contributed by atoms with Gasteiger partial charge in [-0.3, -0.25) is 29.3 Å². The van der Waals surface area contributed by atoms with Crippen molar-refractivity contribution >= 4 is 40.8 Å². The number of rotatable bonds is 12. The lowest BCUT2D eigenvalue weighted by Crippen LogP contribution is -2.43. The molecule has 0 aliphatic heterocycles. The van der Waals surface area contributed by atoms with E-state index in [4.69, 9.17) is 10.5 Å². The number of esters is 1. The van der Waals surface area contributed by atoms with Gasteiger partial charge in [-0.1, -0.05) is 20.3 Å². The number of benzene rings is 1. The van der Waals surface area contributed by atoms with Crippen molar-refractivity contribution in [2.45, 2.75) is 49.7 Å². The second kappa shape index (κ2) is 12.9. The van der Waals surface area contributed by atoms with Gasteiger partial charge in [0.25, 0.3) is 17.2 Å². The number of hydrogen-bond acceptors (Lipinski definition) is 11. The second-order valence-electron chi connectivity index (χ2n) is 8.39. The molecule has 0 spiro atoms. The number of anilines is 2. The van der Waals surface area contributed by atoms with Crippen molar-refractivity contribution in [1.82, 2.24) is 24.3 Å². The maximum absolute atomic E-state index is 13.1. The van der Waals surface area contributed by atoms with Crippen molar-refractivity contribution < 1.29 is 19.2 Å². The van der Waals surface area contributed by atoms with Crippen LogP contribution in [-0.4, -0.2) is 54.3 Å². The zero-order valence-corrected chi connectivity index (χ0v) is 22.4. The number of carbonyl (C=O) groups excluding carboxylic acids is 2. The maximum atomic E-state index is 13.1. The predicted molar refractivity (Wildman–Crippen MR) is 142 cm³/mol. The van der Waals surface area contributed by atoms with E-state index >= 15 is 0 Å². The third kappa shape index (κ3) is 6.70. The number of amides is 1. The summed E-state index contributed by atoms with van der Waals surface area (Å²) in [5.41, 5.74) is 3.86. The van der Waals surface area contributed by atoms with Gasteiger partial charge in [0, 0.05) is 26.2 Å². The van der Waals surface area contributed by atoms with Crippen molar-refractivity contribution in [3.8, 4) is 0 Å². The summed E-state index contributed by atoms with van der Waals surface area (Å²) in [6.45, 7) is 3.25. The minimum absolute atomic E-state index is 0.0872. The van der Waals surface area contributed by atoms with Crippen LogP contribution in [0, 0.1) is 10.1 Å². The van der Waals surface area contributed by atoms with Crippen LogP contribution in [0.2, 0.25) is 0 Å². The van der Waals surface area contributed by atoms with Crippen LogP contribution in [0.25, 0.3) is 0 Å². The topological polar surface area (TPSA) is 201 Å². The zero-order chi connectivity index (χ0) is 28.7. The number of aryl methyl sites for hydroxylation is 1. The number of aromatic nitrogens is 5. The summed E-state index contributed by atoms with van der Waals surface area (Å²) in [6.07, 6.45) is 3.18. The number of hydrogen-bond donors (Lipinski definition) is 2. The summed E-state index contributed by atoms with van der Waals surface area (Å²) >= 11 is 0.998. The van der Waals surface area contributed by atoms with Gasteiger partial charge >= 0.3 is 11.7 Å². The first-order valence-corrected chi connectivity index (χ1v) is 12.8. The minimum atomic E-state index is -0.977. The van der Waals surface area contributed by atoms with E-state index in [9.17, 15) is 29.3 Å². The summed E-state index contributed by atoms with van der Waals surface area (Å²) in [6, 6.07) is 3.75. The van der Waals surface area contributed by atoms with Crippen molar-refractivity contribution in [2.24, 2.45) is 7.05 Å². The van der Waals surface area contributed by atoms with Crippen molar-refractivity contribution in [1.29, 1.82) is 0 Å². The van der Waals surface area contributed by atoms with E-state index in [2.05, 4.69) is 15.2 Å². The van der Waals surface area contributed by atoms with Gasteiger partial charge in [0.05, 0.1) is 15.4 Å².